The monoisotopic (exact) mass is 204 g/mol. The summed E-state index contributed by atoms with van der Waals surface area (Å²) in [7, 11) is 0. The van der Waals surface area contributed by atoms with Crippen molar-refractivity contribution in [2.24, 2.45) is 5.10 Å². The third-order valence-corrected chi connectivity index (χ3v) is 2.40. The summed E-state index contributed by atoms with van der Waals surface area (Å²) < 4.78 is 5.25. The Kier molecular flexibility index (Phi) is 3.74. The highest BCUT2D eigenvalue weighted by Crippen LogP contribution is 1.99. The zero-order chi connectivity index (χ0) is 10.3. The van der Waals surface area contributed by atoms with Crippen LogP contribution in [-0.4, -0.2) is 37.5 Å². The standard InChI is InChI=1S/C12H16N2O/c1-2-4-12(5-3-1)6-7-13-14-8-10-15-11-9-14/h1-5,7H,6,8-11H2. The van der Waals surface area contributed by atoms with Crippen molar-refractivity contribution in [2.45, 2.75) is 6.42 Å². The van der Waals surface area contributed by atoms with E-state index in [1.165, 1.54) is 5.56 Å². The lowest BCUT2D eigenvalue weighted by molar-refractivity contribution is 0.0396. The first-order valence-electron chi connectivity index (χ1n) is 5.34. The van der Waals surface area contributed by atoms with Crippen molar-refractivity contribution in [1.29, 1.82) is 0 Å². The summed E-state index contributed by atoms with van der Waals surface area (Å²) in [4.78, 5) is 0. The van der Waals surface area contributed by atoms with E-state index in [2.05, 4.69) is 34.4 Å². The molecule has 80 valence electrons. The van der Waals surface area contributed by atoms with Crippen LogP contribution in [-0.2, 0) is 11.2 Å². The molecule has 1 aliphatic heterocycles. The summed E-state index contributed by atoms with van der Waals surface area (Å²) in [5, 5.41) is 6.47. The number of hydrazone groups is 1. The van der Waals surface area contributed by atoms with Gasteiger partial charge in [0.25, 0.3) is 0 Å². The van der Waals surface area contributed by atoms with Crippen molar-refractivity contribution in [1.82, 2.24) is 5.01 Å². The van der Waals surface area contributed by atoms with Crippen molar-refractivity contribution >= 4 is 6.21 Å². The molecule has 1 aromatic rings. The lowest BCUT2D eigenvalue weighted by Crippen LogP contribution is -2.32. The highest BCUT2D eigenvalue weighted by Gasteiger charge is 2.05. The second-order valence-corrected chi connectivity index (χ2v) is 3.55. The summed E-state index contributed by atoms with van der Waals surface area (Å²) in [5.74, 6) is 0. The summed E-state index contributed by atoms with van der Waals surface area (Å²) in [6.45, 7) is 3.40. The van der Waals surface area contributed by atoms with E-state index in [0.29, 0.717) is 0 Å². The highest BCUT2D eigenvalue weighted by atomic mass is 16.5. The smallest absolute Gasteiger partial charge is 0.0659 e. The number of ether oxygens (including phenoxy) is 1. The topological polar surface area (TPSA) is 24.8 Å². The molecule has 1 fully saturated rings. The molecule has 3 nitrogen and oxygen atoms in total. The maximum absolute atomic E-state index is 5.25. The number of hydrogen-bond donors (Lipinski definition) is 0. The summed E-state index contributed by atoms with van der Waals surface area (Å²) in [6.07, 6.45) is 2.87. The molecular weight excluding hydrogens is 188 g/mol. The Labute approximate surface area is 90.4 Å². The maximum Gasteiger partial charge on any atom is 0.0659 e. The van der Waals surface area contributed by atoms with Crippen molar-refractivity contribution in [3.05, 3.63) is 35.9 Å². The van der Waals surface area contributed by atoms with Crippen molar-refractivity contribution < 1.29 is 4.74 Å². The largest absolute Gasteiger partial charge is 0.378 e. The second-order valence-electron chi connectivity index (χ2n) is 3.55. The molecule has 0 amide bonds. The first-order valence-corrected chi connectivity index (χ1v) is 5.34. The molecule has 1 aromatic carbocycles. The third-order valence-electron chi connectivity index (χ3n) is 2.40. The Morgan fingerprint density at radius 3 is 2.67 bits per heavy atom. The zero-order valence-electron chi connectivity index (χ0n) is 8.80. The summed E-state index contributed by atoms with van der Waals surface area (Å²) in [6, 6.07) is 10.4. The molecule has 1 aliphatic rings. The fraction of sp³-hybridized carbons (Fsp3) is 0.417. The van der Waals surface area contributed by atoms with Gasteiger partial charge in [0.1, 0.15) is 0 Å². The average Bonchev–Trinajstić information content (AvgIpc) is 2.32. The van der Waals surface area contributed by atoms with Crippen LogP contribution in [0.2, 0.25) is 0 Å². The normalized spacial score (nSPS) is 17.2. The fourth-order valence-corrected chi connectivity index (χ4v) is 1.54. The number of rotatable bonds is 3. The second kappa shape index (κ2) is 5.51. The molecule has 0 spiro atoms. The van der Waals surface area contributed by atoms with Gasteiger partial charge in [-0.25, -0.2) is 0 Å². The van der Waals surface area contributed by atoms with Crippen LogP contribution in [0.15, 0.2) is 35.4 Å². The van der Waals surface area contributed by atoms with Crippen molar-refractivity contribution in [2.75, 3.05) is 26.3 Å². The first kappa shape index (κ1) is 10.2. The van der Waals surface area contributed by atoms with Gasteiger partial charge in [-0.1, -0.05) is 30.3 Å². The maximum atomic E-state index is 5.25. The Bertz CT molecular complexity index is 305. The molecule has 0 N–H and O–H groups in total. The van der Waals surface area contributed by atoms with E-state index in [4.69, 9.17) is 4.74 Å². The average molecular weight is 204 g/mol. The van der Waals surface area contributed by atoms with Gasteiger partial charge in [0.15, 0.2) is 0 Å². The van der Waals surface area contributed by atoms with Crippen LogP contribution < -0.4 is 0 Å². The van der Waals surface area contributed by atoms with E-state index in [1.54, 1.807) is 0 Å². The molecule has 0 bridgehead atoms. The Balaban J connectivity index is 1.79. The van der Waals surface area contributed by atoms with Gasteiger partial charge in [0.2, 0.25) is 0 Å². The van der Waals surface area contributed by atoms with Crippen molar-refractivity contribution in [3.8, 4) is 0 Å². The highest BCUT2D eigenvalue weighted by molar-refractivity contribution is 5.61. The minimum absolute atomic E-state index is 0.794. The molecule has 0 aromatic heterocycles. The van der Waals surface area contributed by atoms with E-state index in [9.17, 15) is 0 Å². The number of morpholine rings is 1. The molecule has 0 radical (unpaired) electrons. The van der Waals surface area contributed by atoms with Crippen LogP contribution in [0, 0.1) is 0 Å². The predicted molar refractivity (Wildman–Crippen MR) is 61.0 cm³/mol. The Morgan fingerprint density at radius 1 is 1.20 bits per heavy atom. The molecule has 2 rings (SSSR count). The molecule has 1 saturated heterocycles. The van der Waals surface area contributed by atoms with Gasteiger partial charge >= 0.3 is 0 Å². The molecule has 3 heteroatoms. The minimum Gasteiger partial charge on any atom is -0.378 e. The van der Waals surface area contributed by atoms with Gasteiger partial charge in [-0.15, -0.1) is 0 Å². The predicted octanol–water partition coefficient (Wildman–Crippen LogP) is 1.55. The summed E-state index contributed by atoms with van der Waals surface area (Å²) >= 11 is 0. The molecule has 15 heavy (non-hydrogen) atoms. The fourth-order valence-electron chi connectivity index (χ4n) is 1.54. The van der Waals surface area contributed by atoms with E-state index in [0.717, 1.165) is 32.7 Å². The van der Waals surface area contributed by atoms with E-state index in [1.807, 2.05) is 12.3 Å². The third kappa shape index (κ3) is 3.36. The van der Waals surface area contributed by atoms with Crippen LogP contribution >= 0.6 is 0 Å². The zero-order valence-corrected chi connectivity index (χ0v) is 8.80. The van der Waals surface area contributed by atoms with Gasteiger partial charge in [-0.05, 0) is 5.56 Å². The lowest BCUT2D eigenvalue weighted by Gasteiger charge is -2.23. The number of nitrogens with zero attached hydrogens (tertiary/aromatic N) is 2. The number of benzene rings is 1. The number of hydrogen-bond acceptors (Lipinski definition) is 3. The van der Waals surface area contributed by atoms with Crippen LogP contribution in [0.4, 0.5) is 0 Å². The van der Waals surface area contributed by atoms with Gasteiger partial charge < -0.3 is 4.74 Å². The Morgan fingerprint density at radius 2 is 1.93 bits per heavy atom. The Hall–Kier alpha value is -1.35. The molecule has 0 unspecified atom stereocenters. The quantitative estimate of drug-likeness (QED) is 0.698. The van der Waals surface area contributed by atoms with Crippen LogP contribution in [0.25, 0.3) is 0 Å². The van der Waals surface area contributed by atoms with Gasteiger partial charge in [0, 0.05) is 12.6 Å². The molecule has 0 atom stereocenters. The van der Waals surface area contributed by atoms with Crippen LogP contribution in [0.1, 0.15) is 5.56 Å². The van der Waals surface area contributed by atoms with Crippen molar-refractivity contribution in [3.63, 3.8) is 0 Å². The van der Waals surface area contributed by atoms with Gasteiger partial charge in [0.05, 0.1) is 26.3 Å². The van der Waals surface area contributed by atoms with E-state index < -0.39 is 0 Å². The molecule has 0 saturated carbocycles. The molecule has 1 heterocycles. The van der Waals surface area contributed by atoms with E-state index in [-0.39, 0.29) is 0 Å². The van der Waals surface area contributed by atoms with Gasteiger partial charge in [-0.3, -0.25) is 5.01 Å². The van der Waals surface area contributed by atoms with E-state index >= 15 is 0 Å². The molecule has 0 aliphatic carbocycles. The first-order chi connectivity index (χ1) is 7.45. The van der Waals surface area contributed by atoms with Crippen LogP contribution in [0.5, 0.6) is 0 Å². The lowest BCUT2D eigenvalue weighted by atomic mass is 10.2. The molecular formula is C12H16N2O. The SMILES string of the molecule is C(Cc1ccccc1)=NN1CCOCC1. The summed E-state index contributed by atoms with van der Waals surface area (Å²) in [5.41, 5.74) is 1.30. The van der Waals surface area contributed by atoms with Gasteiger partial charge in [-0.2, -0.15) is 5.10 Å². The van der Waals surface area contributed by atoms with Crippen LogP contribution in [0.3, 0.4) is 0 Å². The minimum atomic E-state index is 0.794.